The quantitative estimate of drug-likeness (QED) is 0.0348. The standard InChI is InChI=1S/3C22H28N2O5.3Fe/c3*1-22(2,3)29-21(27)24-17(13-15-9-5-6-10-15)19(25)23-18(20(26)28-4)14-16-11-7-8-12-16;;;/h3*5-12,17-18H,13-14H2,1-4H3,(H,23,25)(H,24,27);;;/q;;;3*+2/t3*17-,18-;;;/m000.../s1. The van der Waals surface area contributed by atoms with E-state index in [2.05, 4.69) is 31.9 Å². The number of hydrogen-bond donors (Lipinski definition) is 6. The molecule has 0 heterocycles. The second-order valence-electron chi connectivity index (χ2n) is 23.3. The molecule has 6 atom stereocenters. The van der Waals surface area contributed by atoms with Crippen molar-refractivity contribution in [3.8, 4) is 0 Å². The molecule has 0 unspecified atom stereocenters. The van der Waals surface area contributed by atoms with Crippen LogP contribution in [-0.4, -0.2) is 128 Å². The zero-order valence-corrected chi connectivity index (χ0v) is 56.1. The van der Waals surface area contributed by atoms with Crippen molar-refractivity contribution in [3.63, 3.8) is 0 Å². The zero-order chi connectivity index (χ0) is 64.3. The van der Waals surface area contributed by atoms with E-state index in [1.165, 1.54) is 21.3 Å². The maximum atomic E-state index is 12.9. The van der Waals surface area contributed by atoms with Crippen molar-refractivity contribution in [1.82, 2.24) is 31.9 Å². The minimum atomic E-state index is -0.904. The first kappa shape index (κ1) is 84.2. The summed E-state index contributed by atoms with van der Waals surface area (Å²) in [5, 5.41) is 15.9. The molecule has 6 rings (SSSR count). The van der Waals surface area contributed by atoms with Crippen LogP contribution in [0.5, 0.6) is 0 Å². The molecule has 6 amide bonds. The molecule has 0 saturated heterocycles. The fraction of sp³-hybridized carbons (Fsp3) is 0.409. The van der Waals surface area contributed by atoms with Crippen LogP contribution >= 0.6 is 0 Å². The van der Waals surface area contributed by atoms with Crippen molar-refractivity contribution >= 4 is 53.9 Å². The van der Waals surface area contributed by atoms with Crippen molar-refractivity contribution in [2.24, 2.45) is 0 Å². The van der Waals surface area contributed by atoms with Crippen LogP contribution in [0.2, 0.25) is 0 Å². The maximum Gasteiger partial charge on any atom is 2.00 e. The van der Waals surface area contributed by atoms with E-state index in [0.717, 1.165) is 35.5 Å². The van der Waals surface area contributed by atoms with Gasteiger partial charge in [0.1, 0.15) is 53.1 Å². The molecule has 0 aromatic rings. The van der Waals surface area contributed by atoms with E-state index in [4.69, 9.17) is 28.4 Å². The summed E-state index contributed by atoms with van der Waals surface area (Å²) in [4.78, 5) is 112. The van der Waals surface area contributed by atoms with Gasteiger partial charge in [-0.15, -0.1) is 0 Å². The SMILES string of the molecule is COC(=O)[C@H](C[C]1[CH][CH][CH][CH]1)NC(=O)[C@H](C[C]1[CH][CH][CH][CH]1)NC(=O)OC(C)(C)C.COC(=O)[C@H](C[C]1[CH][CH][CH][CH]1)NC(=O)[C@H](C[C]1[CH][CH][CH][CH]1)NC(=O)OC(C)(C)C.COC(=O)[C@H](C[C]1[CH][CH][CH][CH]1)NC(=O)[C@H](C[C]1[CH][CH][CH][CH]1)NC(=O)OC(C)(C)C.[Fe+2].[Fe+2].[Fe+2]. The van der Waals surface area contributed by atoms with E-state index in [-0.39, 0.29) is 70.5 Å². The molecule has 0 bridgehead atoms. The van der Waals surface area contributed by atoms with Crippen LogP contribution in [0.15, 0.2) is 0 Å². The summed E-state index contributed by atoms with van der Waals surface area (Å²) in [6.07, 6.45) is 44.2. The number of alkyl carbamates (subject to hydrolysis) is 3. The van der Waals surface area contributed by atoms with Gasteiger partial charge in [-0.3, -0.25) is 14.4 Å². The summed E-state index contributed by atoms with van der Waals surface area (Å²) in [7, 11) is 3.81. The summed E-state index contributed by atoms with van der Waals surface area (Å²) >= 11 is 0. The summed E-state index contributed by atoms with van der Waals surface area (Å²) in [5.74, 6) is 2.22. The van der Waals surface area contributed by atoms with E-state index in [0.29, 0.717) is 19.3 Å². The van der Waals surface area contributed by atoms with Gasteiger partial charge in [0.05, 0.1) is 21.3 Å². The Balaban J connectivity index is 0.000000664. The molecule has 6 aliphatic rings. The van der Waals surface area contributed by atoms with Crippen LogP contribution < -0.4 is 31.9 Å². The van der Waals surface area contributed by atoms with Gasteiger partial charge in [0.2, 0.25) is 17.7 Å². The molecule has 0 aromatic heterocycles. The van der Waals surface area contributed by atoms with Gasteiger partial charge in [0.25, 0.3) is 0 Å². The molecule has 90 heavy (non-hydrogen) atoms. The molecule has 0 aromatic carbocycles. The first-order valence-corrected chi connectivity index (χ1v) is 28.4. The molecule has 6 fully saturated rings. The smallest absolute Gasteiger partial charge is 0.467 e. The zero-order valence-electron chi connectivity index (χ0n) is 52.7. The Morgan fingerprint density at radius 1 is 0.289 bits per heavy atom. The monoisotopic (exact) mass is 1370 g/mol. The average molecular weight is 1370 g/mol. The van der Waals surface area contributed by atoms with Crippen LogP contribution in [0.3, 0.4) is 0 Å². The van der Waals surface area contributed by atoms with Crippen molar-refractivity contribution in [3.05, 3.63) is 190 Å². The summed E-state index contributed by atoms with van der Waals surface area (Å²) in [6, 6.07) is -5.30. The minimum absolute atomic E-state index is 0. The van der Waals surface area contributed by atoms with Crippen molar-refractivity contribution < 1.29 is 123 Å². The molecule has 6 aliphatic carbocycles. The number of carbonyl (C=O) groups is 9. The predicted octanol–water partition coefficient (Wildman–Crippen LogP) is 6.38. The second kappa shape index (κ2) is 42.5. The summed E-state index contributed by atoms with van der Waals surface area (Å²) in [5.41, 5.74) is -2.09. The van der Waals surface area contributed by atoms with Gasteiger partial charge in [-0.1, -0.05) is 0 Å². The predicted molar refractivity (Wildman–Crippen MR) is 322 cm³/mol. The summed E-state index contributed by atoms with van der Waals surface area (Å²) in [6.45, 7) is 15.7. The molecule has 0 spiro atoms. The van der Waals surface area contributed by atoms with Gasteiger partial charge in [0, 0.05) is 0 Å². The first-order chi connectivity index (χ1) is 41.0. The van der Waals surface area contributed by atoms with Crippen LogP contribution in [0, 0.1) is 190 Å². The Kier molecular flexibility index (Phi) is 39.8. The molecular formula is C66H84Fe3N6O15+6. The Morgan fingerprint density at radius 2 is 0.444 bits per heavy atom. The number of methoxy groups -OCH3 is 3. The Bertz CT molecular complexity index is 1940. The van der Waals surface area contributed by atoms with Crippen LogP contribution in [0.4, 0.5) is 14.4 Å². The van der Waals surface area contributed by atoms with Crippen LogP contribution in [0.1, 0.15) is 101 Å². The maximum absolute atomic E-state index is 12.9. The topological polar surface area (TPSA) is 281 Å². The number of hydrogen-bond acceptors (Lipinski definition) is 15. The van der Waals surface area contributed by atoms with Crippen molar-refractivity contribution in [2.45, 2.75) is 154 Å². The number of rotatable bonds is 24. The number of carbonyl (C=O) groups excluding carboxylic acids is 9. The molecule has 0 aliphatic heterocycles. The number of amides is 6. The molecule has 24 heteroatoms. The van der Waals surface area contributed by atoms with E-state index in [9.17, 15) is 43.2 Å². The Hall–Kier alpha value is -3.81. The van der Waals surface area contributed by atoms with Gasteiger partial charge in [0.15, 0.2) is 0 Å². The molecule has 21 nitrogen and oxygen atoms in total. The van der Waals surface area contributed by atoms with Gasteiger partial charge in [-0.25, -0.2) is 28.8 Å². The third-order valence-electron chi connectivity index (χ3n) is 12.5. The molecule has 6 saturated carbocycles. The minimum Gasteiger partial charge on any atom is -0.467 e. The van der Waals surface area contributed by atoms with Crippen LogP contribution in [0.25, 0.3) is 0 Å². The van der Waals surface area contributed by atoms with Crippen molar-refractivity contribution in [1.29, 1.82) is 0 Å². The number of esters is 3. The van der Waals surface area contributed by atoms with E-state index >= 15 is 0 Å². The second-order valence-corrected chi connectivity index (χ2v) is 23.3. The number of nitrogens with one attached hydrogen (secondary N) is 6. The third kappa shape index (κ3) is 33.9. The number of ether oxygens (including phenoxy) is 6. The molecule has 6 N–H and O–H groups in total. The van der Waals surface area contributed by atoms with Crippen molar-refractivity contribution in [2.75, 3.05) is 21.3 Å². The Labute approximate surface area is 570 Å². The summed E-state index contributed by atoms with van der Waals surface area (Å²) < 4.78 is 30.3. The van der Waals surface area contributed by atoms with Gasteiger partial charge in [-0.05, 0) is 290 Å². The van der Waals surface area contributed by atoms with Crippen LogP contribution in [-0.2, 0) is 108 Å². The van der Waals surface area contributed by atoms with Gasteiger partial charge < -0.3 is 60.3 Å². The van der Waals surface area contributed by atoms with Gasteiger partial charge >= 0.3 is 87.4 Å². The normalized spacial score (nSPS) is 19.5. The fourth-order valence-electron chi connectivity index (χ4n) is 8.51. The van der Waals surface area contributed by atoms with E-state index in [1.54, 1.807) is 62.3 Å². The Morgan fingerprint density at radius 3 is 0.589 bits per heavy atom. The van der Waals surface area contributed by atoms with Gasteiger partial charge in [-0.2, -0.15) is 0 Å². The van der Waals surface area contributed by atoms with E-state index in [1.807, 2.05) is 154 Å². The molecule has 30 radical (unpaired) electrons. The largest absolute Gasteiger partial charge is 2.00 e. The third-order valence-corrected chi connectivity index (χ3v) is 12.5. The average Bonchev–Trinajstić information content (AvgIpc) is 1.97. The molecule has 486 valence electrons. The molecular weight excluding hydrogens is 1280 g/mol. The fourth-order valence-corrected chi connectivity index (χ4v) is 8.51. The van der Waals surface area contributed by atoms with E-state index < -0.39 is 107 Å². The first-order valence-electron chi connectivity index (χ1n) is 28.4.